The van der Waals surface area contributed by atoms with Crippen LogP contribution >= 0.6 is 0 Å². The monoisotopic (exact) mass is 790 g/mol. The lowest BCUT2D eigenvalue weighted by atomic mass is 9.92. The SMILES string of the molecule is c1ccc(-c2cccc(-c3nc(-c4ccc(-c5ccc6c(c5)nc(-c5ccccc5)c5cccc(-c7ccccc7)c56)cc4)nc(-c4cccc(-c5ccccc5)c4)n3)c2)cc1. The number of fused-ring (bicyclic) bond motifs is 3. The lowest BCUT2D eigenvalue weighted by Crippen LogP contribution is -2.00. The molecule has 0 aliphatic heterocycles. The van der Waals surface area contributed by atoms with Crippen LogP contribution in [0.4, 0.5) is 0 Å². The van der Waals surface area contributed by atoms with Crippen LogP contribution in [0.2, 0.25) is 0 Å². The van der Waals surface area contributed by atoms with Gasteiger partial charge in [-0.15, -0.1) is 0 Å². The van der Waals surface area contributed by atoms with Gasteiger partial charge in [-0.25, -0.2) is 19.9 Å². The first-order chi connectivity index (χ1) is 30.7. The van der Waals surface area contributed by atoms with Crippen molar-refractivity contribution in [3.8, 4) is 89.9 Å². The molecule has 62 heavy (non-hydrogen) atoms. The molecule has 0 saturated heterocycles. The van der Waals surface area contributed by atoms with Gasteiger partial charge in [-0.1, -0.05) is 212 Å². The summed E-state index contributed by atoms with van der Waals surface area (Å²) in [6.07, 6.45) is 0. The molecule has 0 fully saturated rings. The van der Waals surface area contributed by atoms with E-state index in [1.165, 1.54) is 16.5 Å². The van der Waals surface area contributed by atoms with Crippen LogP contribution in [0.25, 0.3) is 112 Å². The lowest BCUT2D eigenvalue weighted by molar-refractivity contribution is 1.07. The van der Waals surface area contributed by atoms with Gasteiger partial charge in [0.15, 0.2) is 17.5 Å². The molecule has 2 aromatic heterocycles. The number of hydrogen-bond acceptors (Lipinski definition) is 4. The van der Waals surface area contributed by atoms with Crippen LogP contribution in [0.5, 0.6) is 0 Å². The zero-order valence-electron chi connectivity index (χ0n) is 33.7. The fourth-order valence-corrected chi connectivity index (χ4v) is 8.42. The highest BCUT2D eigenvalue weighted by Crippen LogP contribution is 2.40. The molecule has 0 N–H and O–H groups in total. The van der Waals surface area contributed by atoms with Gasteiger partial charge in [-0.2, -0.15) is 0 Å². The molecule has 0 aliphatic rings. The number of nitrogens with zero attached hydrogens (tertiary/aromatic N) is 4. The van der Waals surface area contributed by atoms with Gasteiger partial charge in [0.25, 0.3) is 0 Å². The van der Waals surface area contributed by atoms with Gasteiger partial charge in [0, 0.05) is 38.4 Å². The van der Waals surface area contributed by atoms with E-state index in [9.17, 15) is 0 Å². The highest BCUT2D eigenvalue weighted by atomic mass is 15.0. The van der Waals surface area contributed by atoms with Crippen molar-refractivity contribution in [2.75, 3.05) is 0 Å². The first-order valence-corrected chi connectivity index (χ1v) is 20.9. The Hall–Kier alpha value is -8.34. The van der Waals surface area contributed by atoms with Crippen LogP contribution in [0.15, 0.2) is 231 Å². The van der Waals surface area contributed by atoms with Crippen molar-refractivity contribution in [3.63, 3.8) is 0 Å². The molecule has 11 aromatic rings. The number of aromatic nitrogens is 4. The summed E-state index contributed by atoms with van der Waals surface area (Å²) in [5.41, 5.74) is 14.8. The van der Waals surface area contributed by atoms with Crippen molar-refractivity contribution < 1.29 is 0 Å². The summed E-state index contributed by atoms with van der Waals surface area (Å²) in [6.45, 7) is 0. The normalized spacial score (nSPS) is 11.2. The van der Waals surface area contributed by atoms with Crippen molar-refractivity contribution >= 4 is 21.7 Å². The molecular weight excluding hydrogens is 753 g/mol. The van der Waals surface area contributed by atoms with Crippen molar-refractivity contribution in [1.29, 1.82) is 0 Å². The van der Waals surface area contributed by atoms with E-state index < -0.39 is 0 Å². The molecule has 0 atom stereocenters. The van der Waals surface area contributed by atoms with E-state index >= 15 is 0 Å². The van der Waals surface area contributed by atoms with E-state index in [0.29, 0.717) is 17.5 Å². The zero-order chi connectivity index (χ0) is 41.2. The molecular formula is C58H38N4. The third-order valence-electron chi connectivity index (χ3n) is 11.5. The van der Waals surface area contributed by atoms with Gasteiger partial charge in [0.1, 0.15) is 0 Å². The fraction of sp³-hybridized carbons (Fsp3) is 0. The van der Waals surface area contributed by atoms with Crippen molar-refractivity contribution in [2.45, 2.75) is 0 Å². The van der Waals surface area contributed by atoms with E-state index in [1.807, 2.05) is 12.1 Å². The summed E-state index contributed by atoms with van der Waals surface area (Å²) >= 11 is 0. The van der Waals surface area contributed by atoms with Crippen LogP contribution in [0, 0.1) is 0 Å². The Balaban J connectivity index is 1.02. The summed E-state index contributed by atoms with van der Waals surface area (Å²) in [5.74, 6) is 1.85. The maximum Gasteiger partial charge on any atom is 0.164 e. The van der Waals surface area contributed by atoms with E-state index in [0.717, 1.165) is 77.6 Å². The number of pyridine rings is 1. The summed E-state index contributed by atoms with van der Waals surface area (Å²) in [5, 5.41) is 3.46. The predicted molar refractivity (Wildman–Crippen MR) is 256 cm³/mol. The summed E-state index contributed by atoms with van der Waals surface area (Å²) in [6, 6.07) is 80.5. The fourth-order valence-electron chi connectivity index (χ4n) is 8.42. The van der Waals surface area contributed by atoms with E-state index in [-0.39, 0.29) is 0 Å². The van der Waals surface area contributed by atoms with Gasteiger partial charge in [0.05, 0.1) is 11.2 Å². The number of benzene rings is 9. The highest BCUT2D eigenvalue weighted by molar-refractivity contribution is 6.17. The molecule has 0 amide bonds. The molecule has 9 aromatic carbocycles. The minimum Gasteiger partial charge on any atom is -0.247 e. The molecule has 11 rings (SSSR count). The smallest absolute Gasteiger partial charge is 0.164 e. The Morgan fingerprint density at radius 2 is 0.629 bits per heavy atom. The molecule has 0 aliphatic carbocycles. The second-order valence-corrected chi connectivity index (χ2v) is 15.4. The van der Waals surface area contributed by atoms with Crippen molar-refractivity contribution in [2.24, 2.45) is 0 Å². The van der Waals surface area contributed by atoms with Gasteiger partial charge in [-0.05, 0) is 62.7 Å². The van der Waals surface area contributed by atoms with E-state index in [1.54, 1.807) is 0 Å². The van der Waals surface area contributed by atoms with Gasteiger partial charge in [-0.3, -0.25) is 0 Å². The average molecular weight is 791 g/mol. The van der Waals surface area contributed by atoms with Crippen LogP contribution < -0.4 is 0 Å². The van der Waals surface area contributed by atoms with Crippen molar-refractivity contribution in [1.82, 2.24) is 19.9 Å². The Kier molecular flexibility index (Phi) is 9.49. The molecule has 2 heterocycles. The quantitative estimate of drug-likeness (QED) is 0.144. The Morgan fingerprint density at radius 3 is 1.19 bits per heavy atom. The first kappa shape index (κ1) is 36.7. The van der Waals surface area contributed by atoms with Crippen LogP contribution in [-0.2, 0) is 0 Å². The molecule has 0 radical (unpaired) electrons. The second-order valence-electron chi connectivity index (χ2n) is 15.4. The van der Waals surface area contributed by atoms with Crippen molar-refractivity contribution in [3.05, 3.63) is 231 Å². The van der Waals surface area contributed by atoms with Gasteiger partial charge >= 0.3 is 0 Å². The molecule has 0 spiro atoms. The predicted octanol–water partition coefficient (Wildman–Crippen LogP) is 14.9. The minimum atomic E-state index is 0.611. The molecule has 0 saturated carbocycles. The Morgan fingerprint density at radius 1 is 0.226 bits per heavy atom. The molecule has 4 heteroatoms. The number of rotatable bonds is 8. The minimum absolute atomic E-state index is 0.611. The van der Waals surface area contributed by atoms with Gasteiger partial charge in [0.2, 0.25) is 0 Å². The first-order valence-electron chi connectivity index (χ1n) is 20.9. The average Bonchev–Trinajstić information content (AvgIpc) is 3.37. The standard InChI is InChI=1S/C58H38N4/c1-5-16-39(17-6-1)45-24-13-26-48(36-45)57-60-56(61-58(62-57)49-27-14-25-46(37-49)40-18-7-2-8-19-40)44-32-30-41(31-33-44)47-34-35-51-53(38-47)59-55(43-22-11-4-12-23-43)52-29-15-28-50(54(51)52)42-20-9-3-10-21-42/h1-38H. The van der Waals surface area contributed by atoms with Crippen LogP contribution in [-0.4, -0.2) is 19.9 Å². The maximum atomic E-state index is 5.36. The van der Waals surface area contributed by atoms with Crippen LogP contribution in [0.3, 0.4) is 0 Å². The largest absolute Gasteiger partial charge is 0.247 e. The molecule has 290 valence electrons. The zero-order valence-corrected chi connectivity index (χ0v) is 33.7. The van der Waals surface area contributed by atoms with Crippen LogP contribution in [0.1, 0.15) is 0 Å². The molecule has 0 unspecified atom stereocenters. The third-order valence-corrected chi connectivity index (χ3v) is 11.5. The summed E-state index contributed by atoms with van der Waals surface area (Å²) < 4.78 is 0. The molecule has 0 bridgehead atoms. The topological polar surface area (TPSA) is 51.6 Å². The molecule has 4 nitrogen and oxygen atoms in total. The Labute approximate surface area is 360 Å². The summed E-state index contributed by atoms with van der Waals surface area (Å²) in [4.78, 5) is 20.7. The second kappa shape index (κ2) is 16.0. The lowest BCUT2D eigenvalue weighted by Gasteiger charge is -2.15. The number of hydrogen-bond donors (Lipinski definition) is 0. The summed E-state index contributed by atoms with van der Waals surface area (Å²) in [7, 11) is 0. The maximum absolute atomic E-state index is 5.36. The van der Waals surface area contributed by atoms with E-state index in [2.05, 4.69) is 218 Å². The third kappa shape index (κ3) is 7.10. The van der Waals surface area contributed by atoms with E-state index in [4.69, 9.17) is 19.9 Å². The highest BCUT2D eigenvalue weighted by Gasteiger charge is 2.17. The Bertz CT molecular complexity index is 3270. The van der Waals surface area contributed by atoms with Gasteiger partial charge < -0.3 is 0 Å².